The van der Waals surface area contributed by atoms with E-state index in [1.54, 1.807) is 31.4 Å². The van der Waals surface area contributed by atoms with Crippen molar-refractivity contribution < 1.29 is 14.3 Å². The van der Waals surface area contributed by atoms with E-state index < -0.39 is 0 Å². The van der Waals surface area contributed by atoms with Crippen LogP contribution in [0.2, 0.25) is 0 Å². The molecule has 0 aromatic heterocycles. The van der Waals surface area contributed by atoms with Gasteiger partial charge in [-0.15, -0.1) is 0 Å². The van der Waals surface area contributed by atoms with Crippen LogP contribution in [0.3, 0.4) is 0 Å². The zero-order chi connectivity index (χ0) is 19.6. The number of nitrogens with one attached hydrogen (secondary N) is 1. The molecule has 5 nitrogen and oxygen atoms in total. The highest BCUT2D eigenvalue weighted by Gasteiger charge is 2.31. The number of hydrogen-bond donors (Lipinski definition) is 1. The molecule has 0 spiro atoms. The molecule has 0 fully saturated rings. The number of amides is 2. The number of carbonyl (C=O) groups excluding carboxylic acids is 2. The van der Waals surface area contributed by atoms with Crippen molar-refractivity contribution in [2.24, 2.45) is 5.92 Å². The summed E-state index contributed by atoms with van der Waals surface area (Å²) in [7, 11) is 1.61. The summed E-state index contributed by atoms with van der Waals surface area (Å²) in [6, 6.07) is 13.4. The van der Waals surface area contributed by atoms with Gasteiger partial charge in [0.05, 0.1) is 7.11 Å². The number of methoxy groups -OCH3 is 1. The lowest BCUT2D eigenvalue weighted by atomic mass is 10.1. The summed E-state index contributed by atoms with van der Waals surface area (Å²) in [5, 5.41) is 2.93. The quantitative estimate of drug-likeness (QED) is 0.880. The Morgan fingerprint density at radius 2 is 1.89 bits per heavy atom. The van der Waals surface area contributed by atoms with Crippen LogP contribution in [0.25, 0.3) is 0 Å². The topological polar surface area (TPSA) is 58.6 Å². The van der Waals surface area contributed by atoms with E-state index >= 15 is 0 Å². The van der Waals surface area contributed by atoms with E-state index in [1.165, 1.54) is 0 Å². The molecule has 0 saturated carbocycles. The Balaban J connectivity index is 1.83. The highest BCUT2D eigenvalue weighted by Crippen LogP contribution is 2.34. The molecule has 0 unspecified atom stereocenters. The van der Waals surface area contributed by atoms with Crippen molar-refractivity contribution in [3.8, 4) is 5.75 Å². The number of nitrogens with zero attached hydrogens (tertiary/aromatic N) is 1. The Hall–Kier alpha value is -2.82. The Labute approximate surface area is 160 Å². The molecule has 0 radical (unpaired) electrons. The van der Waals surface area contributed by atoms with Gasteiger partial charge in [-0.05, 0) is 54.8 Å². The monoisotopic (exact) mass is 366 g/mol. The maximum absolute atomic E-state index is 13.1. The Kier molecular flexibility index (Phi) is 5.49. The lowest BCUT2D eigenvalue weighted by molar-refractivity contribution is -0.124. The number of hydrogen-bond acceptors (Lipinski definition) is 3. The highest BCUT2D eigenvalue weighted by atomic mass is 16.5. The molecule has 1 atom stereocenters. The molecule has 142 valence electrons. The van der Waals surface area contributed by atoms with Gasteiger partial charge in [0, 0.05) is 29.8 Å². The van der Waals surface area contributed by atoms with Gasteiger partial charge in [-0.3, -0.25) is 9.59 Å². The molecule has 1 aliphatic rings. The summed E-state index contributed by atoms with van der Waals surface area (Å²) in [6.07, 6.45) is 0.829. The first-order chi connectivity index (χ1) is 12.9. The third kappa shape index (κ3) is 3.97. The van der Waals surface area contributed by atoms with Crippen LogP contribution in [-0.2, 0) is 17.8 Å². The van der Waals surface area contributed by atoms with Crippen LogP contribution < -0.4 is 15.0 Å². The predicted molar refractivity (Wildman–Crippen MR) is 106 cm³/mol. The number of ether oxygens (including phenoxy) is 1. The average Bonchev–Trinajstić information content (AvgIpc) is 3.00. The molecule has 5 heteroatoms. The van der Waals surface area contributed by atoms with Crippen LogP contribution in [0, 0.1) is 5.92 Å². The first-order valence-electron chi connectivity index (χ1n) is 9.28. The van der Waals surface area contributed by atoms with Gasteiger partial charge in [-0.1, -0.05) is 26.0 Å². The van der Waals surface area contributed by atoms with Crippen molar-refractivity contribution in [2.45, 2.75) is 39.8 Å². The summed E-state index contributed by atoms with van der Waals surface area (Å²) in [5.41, 5.74) is 3.71. The molecule has 0 aliphatic carbocycles. The third-order valence-electron chi connectivity index (χ3n) is 4.91. The number of anilines is 1. The molecule has 1 heterocycles. The van der Waals surface area contributed by atoms with Crippen molar-refractivity contribution >= 4 is 17.5 Å². The molecular formula is C22H26N2O3. The van der Waals surface area contributed by atoms with Crippen LogP contribution in [0.4, 0.5) is 5.69 Å². The van der Waals surface area contributed by atoms with Crippen molar-refractivity contribution in [1.29, 1.82) is 0 Å². The smallest absolute Gasteiger partial charge is 0.258 e. The SMILES string of the molecule is COc1ccc(C(=O)N2c3cc(CNC(=O)C(C)C)ccc3C[C@@H]2C)cc1. The zero-order valence-corrected chi connectivity index (χ0v) is 16.3. The minimum absolute atomic E-state index is 0.0210. The van der Waals surface area contributed by atoms with Gasteiger partial charge in [0.2, 0.25) is 5.91 Å². The van der Waals surface area contributed by atoms with Gasteiger partial charge in [-0.2, -0.15) is 0 Å². The normalized spacial score (nSPS) is 15.6. The van der Waals surface area contributed by atoms with E-state index in [-0.39, 0.29) is 23.8 Å². The van der Waals surface area contributed by atoms with Crippen molar-refractivity contribution in [2.75, 3.05) is 12.0 Å². The maximum atomic E-state index is 13.1. The first kappa shape index (κ1) is 19.0. The van der Waals surface area contributed by atoms with E-state index in [0.29, 0.717) is 12.1 Å². The van der Waals surface area contributed by atoms with E-state index in [4.69, 9.17) is 4.74 Å². The minimum Gasteiger partial charge on any atom is -0.497 e. The predicted octanol–water partition coefficient (Wildman–Crippen LogP) is 3.56. The largest absolute Gasteiger partial charge is 0.497 e. The number of rotatable bonds is 5. The van der Waals surface area contributed by atoms with Gasteiger partial charge < -0.3 is 15.0 Å². The van der Waals surface area contributed by atoms with E-state index in [9.17, 15) is 9.59 Å². The first-order valence-corrected chi connectivity index (χ1v) is 9.28. The number of fused-ring (bicyclic) bond motifs is 1. The summed E-state index contributed by atoms with van der Waals surface area (Å²) in [6.45, 7) is 6.26. The molecular weight excluding hydrogens is 340 g/mol. The molecule has 2 aromatic carbocycles. The average molecular weight is 366 g/mol. The van der Waals surface area contributed by atoms with Crippen LogP contribution in [-0.4, -0.2) is 25.0 Å². The van der Waals surface area contributed by atoms with Crippen molar-refractivity contribution in [3.63, 3.8) is 0 Å². The Morgan fingerprint density at radius 1 is 1.19 bits per heavy atom. The summed E-state index contributed by atoms with van der Waals surface area (Å²) >= 11 is 0. The van der Waals surface area contributed by atoms with Crippen molar-refractivity contribution in [1.82, 2.24) is 5.32 Å². The standard InChI is InChI=1S/C22H26N2O3/c1-14(2)21(25)23-13-16-5-6-18-11-15(3)24(20(18)12-16)22(26)17-7-9-19(27-4)10-8-17/h5-10,12,14-15H,11,13H2,1-4H3,(H,23,25)/t15-/m0/s1. The molecule has 27 heavy (non-hydrogen) atoms. The highest BCUT2D eigenvalue weighted by molar-refractivity contribution is 6.07. The zero-order valence-electron chi connectivity index (χ0n) is 16.3. The molecule has 2 amide bonds. The van der Waals surface area contributed by atoms with Crippen molar-refractivity contribution in [3.05, 3.63) is 59.2 Å². The van der Waals surface area contributed by atoms with E-state index in [1.807, 2.05) is 30.9 Å². The minimum atomic E-state index is -0.0485. The maximum Gasteiger partial charge on any atom is 0.258 e. The van der Waals surface area contributed by atoms with E-state index in [0.717, 1.165) is 29.0 Å². The second-order valence-electron chi connectivity index (χ2n) is 7.29. The van der Waals surface area contributed by atoms with Crippen LogP contribution in [0.5, 0.6) is 5.75 Å². The number of carbonyl (C=O) groups is 2. The van der Waals surface area contributed by atoms with Gasteiger partial charge in [0.25, 0.3) is 5.91 Å². The summed E-state index contributed by atoms with van der Waals surface area (Å²) in [4.78, 5) is 26.8. The van der Waals surface area contributed by atoms with Crippen LogP contribution in [0.1, 0.15) is 42.3 Å². The fourth-order valence-electron chi connectivity index (χ4n) is 3.34. The molecule has 0 saturated heterocycles. The molecule has 1 aliphatic heterocycles. The molecule has 3 rings (SSSR count). The molecule has 2 aromatic rings. The van der Waals surface area contributed by atoms with Gasteiger partial charge in [0.1, 0.15) is 5.75 Å². The Morgan fingerprint density at radius 3 is 2.52 bits per heavy atom. The number of benzene rings is 2. The molecule has 1 N–H and O–H groups in total. The summed E-state index contributed by atoms with van der Waals surface area (Å²) in [5.74, 6) is 0.680. The van der Waals surface area contributed by atoms with Gasteiger partial charge in [0.15, 0.2) is 0 Å². The second-order valence-corrected chi connectivity index (χ2v) is 7.29. The summed E-state index contributed by atoms with van der Waals surface area (Å²) < 4.78 is 5.17. The van der Waals surface area contributed by atoms with E-state index in [2.05, 4.69) is 18.3 Å². The van der Waals surface area contributed by atoms with Gasteiger partial charge >= 0.3 is 0 Å². The Bertz CT molecular complexity index is 843. The third-order valence-corrected chi connectivity index (χ3v) is 4.91. The van der Waals surface area contributed by atoms with Crippen LogP contribution in [0.15, 0.2) is 42.5 Å². The molecule has 0 bridgehead atoms. The fraction of sp³-hybridized carbons (Fsp3) is 0.364. The van der Waals surface area contributed by atoms with Gasteiger partial charge in [-0.25, -0.2) is 0 Å². The lowest BCUT2D eigenvalue weighted by Crippen LogP contribution is -2.35. The fourth-order valence-corrected chi connectivity index (χ4v) is 3.34. The lowest BCUT2D eigenvalue weighted by Gasteiger charge is -2.23. The second kappa shape index (κ2) is 7.82. The van der Waals surface area contributed by atoms with Crippen LogP contribution >= 0.6 is 0 Å².